The van der Waals surface area contributed by atoms with Crippen LogP contribution in [-0.4, -0.2) is 13.1 Å². The van der Waals surface area contributed by atoms with Gasteiger partial charge in [-0.3, -0.25) is 0 Å². The first kappa shape index (κ1) is 11.8. The number of anilines is 1. The van der Waals surface area contributed by atoms with E-state index in [2.05, 4.69) is 5.92 Å². The Labute approximate surface area is 98.2 Å². The largest absolute Gasteiger partial charge is 0.416 e. The predicted molar refractivity (Wildman–Crippen MR) is 60.8 cm³/mol. The van der Waals surface area contributed by atoms with Crippen molar-refractivity contribution in [2.75, 3.05) is 18.0 Å². The van der Waals surface area contributed by atoms with E-state index >= 15 is 0 Å². The molecule has 1 heterocycles. The molecule has 0 unspecified atom stereocenters. The fraction of sp³-hybridized carbons (Fsp3) is 0.385. The molecule has 0 N–H and O–H groups in total. The molecule has 90 valence electrons. The third-order valence-corrected chi connectivity index (χ3v) is 2.93. The lowest BCUT2D eigenvalue weighted by Crippen LogP contribution is -2.19. The fourth-order valence-corrected chi connectivity index (χ4v) is 2.06. The number of nitrogens with zero attached hydrogens (tertiary/aromatic N) is 1. The monoisotopic (exact) mass is 239 g/mol. The van der Waals surface area contributed by atoms with E-state index < -0.39 is 11.7 Å². The number of alkyl halides is 3. The Morgan fingerprint density at radius 2 is 1.82 bits per heavy atom. The summed E-state index contributed by atoms with van der Waals surface area (Å²) in [5.41, 5.74) is 0.369. The molecule has 0 aromatic heterocycles. The average molecular weight is 239 g/mol. The van der Waals surface area contributed by atoms with Crippen molar-refractivity contribution in [2.24, 2.45) is 0 Å². The Hall–Kier alpha value is -1.63. The van der Waals surface area contributed by atoms with Crippen molar-refractivity contribution in [1.82, 2.24) is 0 Å². The van der Waals surface area contributed by atoms with Gasteiger partial charge in [0, 0.05) is 18.7 Å². The summed E-state index contributed by atoms with van der Waals surface area (Å²) in [5.74, 6) is 2.34. The van der Waals surface area contributed by atoms with Crippen LogP contribution in [0, 0.1) is 12.3 Å². The lowest BCUT2D eigenvalue weighted by Gasteiger charge is -2.20. The minimum atomic E-state index is -4.34. The molecule has 0 saturated carbocycles. The highest BCUT2D eigenvalue weighted by Crippen LogP contribution is 2.33. The average Bonchev–Trinajstić information content (AvgIpc) is 2.80. The first-order chi connectivity index (χ1) is 8.02. The Morgan fingerprint density at radius 1 is 1.18 bits per heavy atom. The molecule has 1 nitrogen and oxygen atoms in total. The van der Waals surface area contributed by atoms with E-state index in [4.69, 9.17) is 6.42 Å². The summed E-state index contributed by atoms with van der Waals surface area (Å²) in [4.78, 5) is 2.04. The van der Waals surface area contributed by atoms with E-state index in [1.807, 2.05) is 4.90 Å². The van der Waals surface area contributed by atoms with Crippen molar-refractivity contribution in [3.63, 3.8) is 0 Å². The Morgan fingerprint density at radius 3 is 2.35 bits per heavy atom. The van der Waals surface area contributed by atoms with Crippen LogP contribution < -0.4 is 4.90 Å². The molecular weight excluding hydrogens is 227 g/mol. The fourth-order valence-electron chi connectivity index (χ4n) is 2.06. The molecular formula is C13H12F3N. The highest BCUT2D eigenvalue weighted by molar-refractivity contribution is 5.62. The molecule has 0 radical (unpaired) electrons. The van der Waals surface area contributed by atoms with Crippen LogP contribution in [0.2, 0.25) is 0 Å². The Bertz CT molecular complexity index is 451. The van der Waals surface area contributed by atoms with Crippen LogP contribution in [0.3, 0.4) is 0 Å². The molecule has 1 aromatic rings. The van der Waals surface area contributed by atoms with Crippen LogP contribution in [0.4, 0.5) is 18.9 Å². The summed E-state index contributed by atoms with van der Waals surface area (Å²) in [6, 6.07) is 3.62. The van der Waals surface area contributed by atoms with Gasteiger partial charge in [-0.05, 0) is 31.0 Å². The molecule has 4 heteroatoms. The van der Waals surface area contributed by atoms with Gasteiger partial charge >= 0.3 is 6.18 Å². The molecule has 0 spiro atoms. The highest BCUT2D eigenvalue weighted by Gasteiger charge is 2.31. The molecule has 1 aliphatic rings. The number of hydrogen-bond acceptors (Lipinski definition) is 1. The smallest absolute Gasteiger partial charge is 0.371 e. The third-order valence-electron chi connectivity index (χ3n) is 2.93. The first-order valence-electron chi connectivity index (χ1n) is 5.45. The molecule has 1 fully saturated rings. The maximum Gasteiger partial charge on any atom is 0.416 e. The van der Waals surface area contributed by atoms with Crippen LogP contribution in [0.25, 0.3) is 0 Å². The van der Waals surface area contributed by atoms with E-state index in [0.717, 1.165) is 43.8 Å². The predicted octanol–water partition coefficient (Wildman–Crippen LogP) is 3.29. The van der Waals surface area contributed by atoms with Crippen molar-refractivity contribution in [1.29, 1.82) is 0 Å². The van der Waals surface area contributed by atoms with Crippen molar-refractivity contribution in [3.05, 3.63) is 29.3 Å². The minimum absolute atomic E-state index is 0.321. The first-order valence-corrected chi connectivity index (χ1v) is 5.45. The van der Waals surface area contributed by atoms with Crippen LogP contribution in [0.1, 0.15) is 24.0 Å². The summed E-state index contributed by atoms with van der Waals surface area (Å²) in [6.45, 7) is 1.72. The van der Waals surface area contributed by atoms with Crippen molar-refractivity contribution >= 4 is 5.69 Å². The lowest BCUT2D eigenvalue weighted by atomic mass is 10.1. The third kappa shape index (κ3) is 2.38. The van der Waals surface area contributed by atoms with Gasteiger partial charge < -0.3 is 4.90 Å². The summed E-state index contributed by atoms with van der Waals surface area (Å²) in [6.07, 6.45) is 3.07. The second-order valence-corrected chi connectivity index (χ2v) is 4.07. The molecule has 1 aliphatic heterocycles. The van der Waals surface area contributed by atoms with E-state index in [-0.39, 0.29) is 0 Å². The number of rotatable bonds is 1. The SMILES string of the molecule is C#Cc1cc(C(F)(F)F)ccc1N1CCCC1. The van der Waals surface area contributed by atoms with Crippen LogP contribution in [0.5, 0.6) is 0 Å². The Balaban J connectivity index is 2.39. The van der Waals surface area contributed by atoms with E-state index in [9.17, 15) is 13.2 Å². The molecule has 0 aliphatic carbocycles. The van der Waals surface area contributed by atoms with Gasteiger partial charge in [0.05, 0.1) is 11.3 Å². The molecule has 1 aromatic carbocycles. The number of terminal acetylenes is 1. The van der Waals surface area contributed by atoms with Gasteiger partial charge in [0.2, 0.25) is 0 Å². The van der Waals surface area contributed by atoms with Gasteiger partial charge in [-0.2, -0.15) is 13.2 Å². The zero-order valence-electron chi connectivity index (χ0n) is 9.22. The number of benzene rings is 1. The molecule has 17 heavy (non-hydrogen) atoms. The molecule has 2 rings (SSSR count). The summed E-state index contributed by atoms with van der Waals surface area (Å²) < 4.78 is 37.6. The molecule has 1 saturated heterocycles. The maximum absolute atomic E-state index is 12.5. The van der Waals surface area contributed by atoms with Crippen LogP contribution in [-0.2, 0) is 6.18 Å². The highest BCUT2D eigenvalue weighted by atomic mass is 19.4. The minimum Gasteiger partial charge on any atom is -0.371 e. The molecule has 0 atom stereocenters. The summed E-state index contributed by atoms with van der Waals surface area (Å²) in [5, 5.41) is 0. The zero-order chi connectivity index (χ0) is 12.5. The summed E-state index contributed by atoms with van der Waals surface area (Å²) >= 11 is 0. The van der Waals surface area contributed by atoms with Gasteiger partial charge in [-0.15, -0.1) is 6.42 Å². The lowest BCUT2D eigenvalue weighted by molar-refractivity contribution is -0.137. The second-order valence-electron chi connectivity index (χ2n) is 4.07. The van der Waals surface area contributed by atoms with Crippen molar-refractivity contribution in [3.8, 4) is 12.3 Å². The molecule has 0 amide bonds. The van der Waals surface area contributed by atoms with Gasteiger partial charge in [-0.1, -0.05) is 5.92 Å². The van der Waals surface area contributed by atoms with Gasteiger partial charge in [-0.25, -0.2) is 0 Å². The van der Waals surface area contributed by atoms with Gasteiger partial charge in [0.15, 0.2) is 0 Å². The van der Waals surface area contributed by atoms with Gasteiger partial charge in [0.1, 0.15) is 0 Å². The zero-order valence-corrected chi connectivity index (χ0v) is 9.22. The topological polar surface area (TPSA) is 3.24 Å². The Kier molecular flexibility index (Phi) is 3.01. The van der Waals surface area contributed by atoms with E-state index in [1.165, 1.54) is 6.07 Å². The van der Waals surface area contributed by atoms with Crippen LogP contribution >= 0.6 is 0 Å². The number of halogens is 3. The van der Waals surface area contributed by atoms with Crippen molar-refractivity contribution < 1.29 is 13.2 Å². The quantitative estimate of drug-likeness (QED) is 0.680. The normalized spacial score (nSPS) is 16.0. The summed E-state index contributed by atoms with van der Waals surface area (Å²) in [7, 11) is 0. The standard InChI is InChI=1S/C13H12F3N/c1-2-10-9-11(13(14,15)16)5-6-12(10)17-7-3-4-8-17/h1,5-6,9H,3-4,7-8H2. The maximum atomic E-state index is 12.5. The van der Waals surface area contributed by atoms with Crippen LogP contribution in [0.15, 0.2) is 18.2 Å². The second kappa shape index (κ2) is 4.33. The molecule has 0 bridgehead atoms. The number of hydrogen-bond donors (Lipinski definition) is 0. The van der Waals surface area contributed by atoms with Gasteiger partial charge in [0.25, 0.3) is 0 Å². The van der Waals surface area contributed by atoms with Crippen molar-refractivity contribution in [2.45, 2.75) is 19.0 Å². The van der Waals surface area contributed by atoms with E-state index in [1.54, 1.807) is 0 Å². The van der Waals surface area contributed by atoms with E-state index in [0.29, 0.717) is 5.56 Å².